The predicted octanol–water partition coefficient (Wildman–Crippen LogP) is 3.18. The number of aromatic nitrogens is 2. The van der Waals surface area contributed by atoms with Gasteiger partial charge in [0.2, 0.25) is 0 Å². The van der Waals surface area contributed by atoms with E-state index in [0.29, 0.717) is 21.9 Å². The molecule has 0 unspecified atom stereocenters. The molecule has 0 bridgehead atoms. The Bertz CT molecular complexity index is 673. The number of hydrogen-bond acceptors (Lipinski definition) is 4. The third-order valence-electron chi connectivity index (χ3n) is 3.13. The van der Waals surface area contributed by atoms with Crippen LogP contribution in [0.3, 0.4) is 0 Å². The topological polar surface area (TPSA) is 75.7 Å². The Morgan fingerprint density at radius 2 is 1.95 bits per heavy atom. The van der Waals surface area contributed by atoms with Crippen LogP contribution in [0.15, 0.2) is 34.2 Å². The number of rotatable bonds is 5. The molecule has 0 fully saturated rings. The summed E-state index contributed by atoms with van der Waals surface area (Å²) in [5, 5.41) is 16.6. The van der Waals surface area contributed by atoms with E-state index in [1.165, 1.54) is 6.07 Å². The molecule has 110 valence electrons. The molecule has 0 saturated heterocycles. The molecule has 1 aromatic heterocycles. The molecule has 0 amide bonds. The maximum atomic E-state index is 13.8. The predicted molar refractivity (Wildman–Crippen MR) is 82.3 cm³/mol. The van der Waals surface area contributed by atoms with Crippen molar-refractivity contribution in [3.8, 4) is 0 Å². The van der Waals surface area contributed by atoms with Crippen LogP contribution in [0.25, 0.3) is 0 Å². The minimum absolute atomic E-state index is 0.0599. The van der Waals surface area contributed by atoms with Crippen molar-refractivity contribution in [2.75, 3.05) is 0 Å². The number of nitrogen functional groups attached to an aromatic ring is 1. The molecule has 21 heavy (non-hydrogen) atoms. The van der Waals surface area contributed by atoms with Gasteiger partial charge < -0.3 is 5.73 Å². The summed E-state index contributed by atoms with van der Waals surface area (Å²) in [5.74, 6) is -0.383. The first kappa shape index (κ1) is 15.4. The molecule has 0 aliphatic heterocycles. The SMILES string of the molecule is CCc1nnc(Sc2ccccc2F)c(C(=N)N)c1CC. The lowest BCUT2D eigenvalue weighted by Gasteiger charge is -2.14. The average Bonchev–Trinajstić information content (AvgIpc) is 2.48. The number of nitrogens with two attached hydrogens (primary N) is 1. The van der Waals surface area contributed by atoms with Gasteiger partial charge in [0.15, 0.2) is 0 Å². The molecule has 0 spiro atoms. The lowest BCUT2D eigenvalue weighted by Crippen LogP contribution is -2.18. The highest BCUT2D eigenvalue weighted by atomic mass is 32.2. The van der Waals surface area contributed by atoms with Crippen LogP contribution in [0.5, 0.6) is 0 Å². The van der Waals surface area contributed by atoms with E-state index in [0.717, 1.165) is 29.4 Å². The van der Waals surface area contributed by atoms with Gasteiger partial charge in [-0.1, -0.05) is 37.7 Å². The molecule has 4 nitrogen and oxygen atoms in total. The van der Waals surface area contributed by atoms with E-state index in [1.807, 2.05) is 13.8 Å². The van der Waals surface area contributed by atoms with E-state index < -0.39 is 0 Å². The van der Waals surface area contributed by atoms with Crippen LogP contribution in [0.4, 0.5) is 4.39 Å². The molecule has 2 aromatic rings. The number of benzene rings is 1. The maximum absolute atomic E-state index is 13.8. The second-order valence-corrected chi connectivity index (χ2v) is 5.49. The summed E-state index contributed by atoms with van der Waals surface area (Å²) in [4.78, 5) is 0.445. The van der Waals surface area contributed by atoms with Crippen molar-refractivity contribution in [3.05, 3.63) is 46.9 Å². The fourth-order valence-electron chi connectivity index (χ4n) is 2.14. The van der Waals surface area contributed by atoms with Crippen LogP contribution >= 0.6 is 11.8 Å². The summed E-state index contributed by atoms with van der Waals surface area (Å²) in [7, 11) is 0. The highest BCUT2D eigenvalue weighted by Gasteiger charge is 2.18. The molecule has 0 atom stereocenters. The highest BCUT2D eigenvalue weighted by molar-refractivity contribution is 7.99. The van der Waals surface area contributed by atoms with Gasteiger partial charge in [-0.3, -0.25) is 5.41 Å². The number of aryl methyl sites for hydroxylation is 1. The minimum Gasteiger partial charge on any atom is -0.384 e. The molecule has 1 heterocycles. The number of halogens is 1. The molecular formula is C15H17FN4S. The van der Waals surface area contributed by atoms with E-state index in [9.17, 15) is 4.39 Å². The number of hydrogen-bond donors (Lipinski definition) is 2. The fourth-order valence-corrected chi connectivity index (χ4v) is 3.07. The lowest BCUT2D eigenvalue weighted by atomic mass is 10.0. The molecule has 0 radical (unpaired) electrons. The summed E-state index contributed by atoms with van der Waals surface area (Å²) < 4.78 is 13.8. The lowest BCUT2D eigenvalue weighted by molar-refractivity contribution is 0.601. The van der Waals surface area contributed by atoms with Gasteiger partial charge in [-0.25, -0.2) is 4.39 Å². The summed E-state index contributed by atoms with van der Waals surface area (Å²) in [6.07, 6.45) is 1.43. The van der Waals surface area contributed by atoms with Crippen LogP contribution in [-0.4, -0.2) is 16.0 Å². The normalized spacial score (nSPS) is 10.6. The van der Waals surface area contributed by atoms with Gasteiger partial charge in [-0.2, -0.15) is 5.10 Å². The monoisotopic (exact) mass is 304 g/mol. The van der Waals surface area contributed by atoms with Crippen LogP contribution in [0.2, 0.25) is 0 Å². The third-order valence-corrected chi connectivity index (χ3v) is 4.16. The second kappa shape index (κ2) is 6.67. The first-order valence-electron chi connectivity index (χ1n) is 6.73. The van der Waals surface area contributed by atoms with Crippen LogP contribution in [-0.2, 0) is 12.8 Å². The Hall–Kier alpha value is -1.95. The largest absolute Gasteiger partial charge is 0.384 e. The molecule has 0 saturated carbocycles. The molecule has 2 rings (SSSR count). The molecular weight excluding hydrogens is 287 g/mol. The summed E-state index contributed by atoms with van der Waals surface area (Å²) in [5.41, 5.74) is 8.03. The van der Waals surface area contributed by atoms with Gasteiger partial charge in [0, 0.05) is 4.90 Å². The van der Waals surface area contributed by atoms with Gasteiger partial charge in [0.25, 0.3) is 0 Å². The van der Waals surface area contributed by atoms with Gasteiger partial charge >= 0.3 is 0 Å². The Kier molecular flexibility index (Phi) is 4.90. The first-order valence-corrected chi connectivity index (χ1v) is 7.55. The summed E-state index contributed by atoms with van der Waals surface area (Å²) in [6.45, 7) is 3.97. The standard InChI is InChI=1S/C15H17FN4S/c1-3-9-11(4-2)19-20-15(13(9)14(17)18)21-12-8-6-5-7-10(12)16/h5-8H,3-4H2,1-2H3,(H3,17,18). The van der Waals surface area contributed by atoms with Crippen molar-refractivity contribution in [3.63, 3.8) is 0 Å². The van der Waals surface area contributed by atoms with E-state index in [-0.39, 0.29) is 11.7 Å². The van der Waals surface area contributed by atoms with E-state index in [4.69, 9.17) is 11.1 Å². The smallest absolute Gasteiger partial charge is 0.137 e. The Labute approximate surface area is 127 Å². The van der Waals surface area contributed by atoms with Crippen molar-refractivity contribution >= 4 is 17.6 Å². The number of nitrogens with zero attached hydrogens (tertiary/aromatic N) is 2. The number of nitrogens with one attached hydrogen (secondary N) is 1. The zero-order chi connectivity index (χ0) is 15.4. The van der Waals surface area contributed by atoms with Crippen molar-refractivity contribution in [1.29, 1.82) is 5.41 Å². The maximum Gasteiger partial charge on any atom is 0.137 e. The zero-order valence-electron chi connectivity index (χ0n) is 12.0. The Balaban J connectivity index is 2.54. The van der Waals surface area contributed by atoms with E-state index in [1.54, 1.807) is 18.2 Å². The second-order valence-electron chi connectivity index (χ2n) is 4.46. The molecule has 1 aromatic carbocycles. The van der Waals surface area contributed by atoms with Crippen LogP contribution in [0, 0.1) is 11.2 Å². The first-order chi connectivity index (χ1) is 10.1. The third kappa shape index (κ3) is 3.21. The molecule has 0 aliphatic carbocycles. The van der Waals surface area contributed by atoms with Crippen molar-refractivity contribution in [1.82, 2.24) is 10.2 Å². The van der Waals surface area contributed by atoms with E-state index >= 15 is 0 Å². The van der Waals surface area contributed by atoms with Crippen LogP contribution in [0.1, 0.15) is 30.7 Å². The van der Waals surface area contributed by atoms with E-state index in [2.05, 4.69) is 10.2 Å². The minimum atomic E-state index is -0.323. The van der Waals surface area contributed by atoms with Crippen LogP contribution < -0.4 is 5.73 Å². The Morgan fingerprint density at radius 1 is 1.24 bits per heavy atom. The number of amidine groups is 1. The summed E-state index contributed by atoms with van der Waals surface area (Å²) >= 11 is 1.15. The molecule has 6 heteroatoms. The zero-order valence-corrected chi connectivity index (χ0v) is 12.8. The van der Waals surface area contributed by atoms with Gasteiger partial charge in [0.1, 0.15) is 16.7 Å². The van der Waals surface area contributed by atoms with Gasteiger partial charge in [0.05, 0.1) is 11.3 Å². The Morgan fingerprint density at radius 3 is 2.52 bits per heavy atom. The average molecular weight is 304 g/mol. The van der Waals surface area contributed by atoms with Crippen molar-refractivity contribution in [2.45, 2.75) is 36.6 Å². The molecule has 0 aliphatic rings. The van der Waals surface area contributed by atoms with Gasteiger partial charge in [-0.15, -0.1) is 5.10 Å². The van der Waals surface area contributed by atoms with Crippen molar-refractivity contribution in [2.24, 2.45) is 5.73 Å². The quantitative estimate of drug-likeness (QED) is 0.657. The summed E-state index contributed by atoms with van der Waals surface area (Å²) in [6, 6.07) is 6.46. The fraction of sp³-hybridized carbons (Fsp3) is 0.267. The van der Waals surface area contributed by atoms with Crippen molar-refractivity contribution < 1.29 is 4.39 Å². The molecule has 3 N–H and O–H groups in total. The van der Waals surface area contributed by atoms with Gasteiger partial charge in [-0.05, 0) is 30.5 Å². The highest BCUT2D eigenvalue weighted by Crippen LogP contribution is 2.32.